The normalized spacial score (nSPS) is 16.6. The highest BCUT2D eigenvalue weighted by molar-refractivity contribution is 7.80. The Balaban J connectivity index is 1.41. The van der Waals surface area contributed by atoms with E-state index in [2.05, 4.69) is 65.0 Å². The van der Waals surface area contributed by atoms with Crippen LogP contribution in [-0.4, -0.2) is 21.8 Å². The van der Waals surface area contributed by atoms with Gasteiger partial charge in [0, 0.05) is 29.0 Å². The van der Waals surface area contributed by atoms with Gasteiger partial charge in [-0.05, 0) is 110 Å². The molecule has 2 atom stereocenters. The average Bonchev–Trinajstić information content (AvgIpc) is 3.49. The lowest BCUT2D eigenvalue weighted by molar-refractivity contribution is 0.414. The largest absolute Gasteiger partial charge is 0.497 e. The van der Waals surface area contributed by atoms with Crippen molar-refractivity contribution in [1.29, 1.82) is 0 Å². The minimum Gasteiger partial charge on any atom is -0.497 e. The summed E-state index contributed by atoms with van der Waals surface area (Å²) in [5.41, 5.74) is 6.47. The topological polar surface area (TPSA) is 51.5 Å². The average molecular weight is 547 g/mol. The van der Waals surface area contributed by atoms with E-state index in [9.17, 15) is 0 Å². The molecule has 7 heteroatoms. The van der Waals surface area contributed by atoms with Crippen LogP contribution < -0.4 is 19.7 Å². The quantitative estimate of drug-likeness (QED) is 0.214. The molecule has 200 valence electrons. The first-order valence-electron chi connectivity index (χ1n) is 13.2. The summed E-state index contributed by atoms with van der Waals surface area (Å²) >= 11 is 5.95. The number of rotatable bonds is 7. The number of nitrogens with zero attached hydrogens (tertiary/aromatic N) is 3. The van der Waals surface area contributed by atoms with Gasteiger partial charge < -0.3 is 24.3 Å². The fourth-order valence-corrected chi connectivity index (χ4v) is 5.81. The number of aryl methyl sites for hydroxylation is 1. The third-order valence-corrected chi connectivity index (χ3v) is 7.63. The number of pyridine rings is 1. The van der Waals surface area contributed by atoms with Gasteiger partial charge in [0.2, 0.25) is 0 Å². The van der Waals surface area contributed by atoms with Gasteiger partial charge in [0.05, 0.1) is 24.9 Å². The van der Waals surface area contributed by atoms with Crippen molar-refractivity contribution in [3.8, 4) is 22.9 Å². The molecule has 1 aliphatic rings. The maximum Gasteiger partial charge on any atom is 0.174 e. The fraction of sp³-hybridized carbons (Fsp3) is 0.152. The van der Waals surface area contributed by atoms with E-state index >= 15 is 0 Å². The molecule has 0 radical (unpaired) electrons. The molecule has 1 aliphatic heterocycles. The highest BCUT2D eigenvalue weighted by atomic mass is 32.1. The second-order valence-corrected chi connectivity index (χ2v) is 10.2. The lowest BCUT2D eigenvalue weighted by Crippen LogP contribution is -2.29. The van der Waals surface area contributed by atoms with Crippen LogP contribution in [0.25, 0.3) is 5.69 Å². The maximum atomic E-state index is 6.04. The van der Waals surface area contributed by atoms with E-state index in [0.717, 1.165) is 45.7 Å². The number of anilines is 1. The Morgan fingerprint density at radius 1 is 0.775 bits per heavy atom. The summed E-state index contributed by atoms with van der Waals surface area (Å²) in [5, 5.41) is 4.23. The predicted octanol–water partition coefficient (Wildman–Crippen LogP) is 7.47. The van der Waals surface area contributed by atoms with Gasteiger partial charge in [-0.2, -0.15) is 0 Å². The molecule has 0 bridgehead atoms. The first-order valence-corrected chi connectivity index (χ1v) is 13.6. The van der Waals surface area contributed by atoms with Gasteiger partial charge in [-0.1, -0.05) is 24.3 Å². The molecule has 3 heterocycles. The lowest BCUT2D eigenvalue weighted by atomic mass is 9.96. The van der Waals surface area contributed by atoms with Crippen LogP contribution in [0.5, 0.6) is 17.2 Å². The van der Waals surface area contributed by atoms with Crippen LogP contribution in [0, 0.1) is 13.8 Å². The van der Waals surface area contributed by atoms with Crippen LogP contribution in [0.4, 0.5) is 5.69 Å². The summed E-state index contributed by atoms with van der Waals surface area (Å²) in [5.74, 6) is 2.40. The third kappa shape index (κ3) is 4.80. The number of hydrogen-bond acceptors (Lipinski definition) is 4. The Labute approximate surface area is 239 Å². The molecule has 1 saturated heterocycles. The Morgan fingerprint density at radius 2 is 1.43 bits per heavy atom. The lowest BCUT2D eigenvalue weighted by Gasteiger charge is -2.28. The Bertz CT molecular complexity index is 1620. The molecule has 0 saturated carbocycles. The number of nitrogens with one attached hydrogen (secondary N) is 1. The Hall–Kier alpha value is -4.62. The SMILES string of the molecule is COc1ccc(-n2c(C)cc([C@H]3[C@@H](c4ccccn4)NC(=S)N3c3ccc(Oc4ccccc4)cc3)c2C)cc1. The molecule has 3 aromatic carbocycles. The maximum absolute atomic E-state index is 6.04. The van der Waals surface area contributed by atoms with E-state index < -0.39 is 0 Å². The van der Waals surface area contributed by atoms with Crippen LogP contribution in [0.3, 0.4) is 0 Å². The highest BCUT2D eigenvalue weighted by Crippen LogP contribution is 2.44. The second-order valence-electron chi connectivity index (χ2n) is 9.77. The van der Waals surface area contributed by atoms with Gasteiger partial charge in [-0.3, -0.25) is 4.98 Å². The minimum absolute atomic E-state index is 0.110. The molecule has 6 rings (SSSR count). The zero-order valence-corrected chi connectivity index (χ0v) is 23.4. The number of methoxy groups -OCH3 is 1. The summed E-state index contributed by atoms with van der Waals surface area (Å²) < 4.78 is 13.7. The van der Waals surface area contributed by atoms with E-state index in [1.54, 1.807) is 7.11 Å². The first-order chi connectivity index (χ1) is 19.5. The van der Waals surface area contributed by atoms with Gasteiger partial charge >= 0.3 is 0 Å². The van der Waals surface area contributed by atoms with Crippen LogP contribution in [0.1, 0.15) is 34.7 Å². The zero-order chi connectivity index (χ0) is 27.6. The molecule has 2 aromatic heterocycles. The molecule has 6 nitrogen and oxygen atoms in total. The standard InChI is InChI=1S/C33H30N4O2S/c1-22-21-29(23(2)36(22)24-12-16-26(38-3)17-13-24)32-31(30-11-7-8-20-34-30)35-33(40)37(32)25-14-18-28(19-15-25)39-27-9-5-4-6-10-27/h4-21,31-32H,1-3H3,(H,35,40)/t31-,32+/m1/s1. The molecule has 0 amide bonds. The smallest absolute Gasteiger partial charge is 0.174 e. The summed E-state index contributed by atoms with van der Waals surface area (Å²) in [6.07, 6.45) is 1.83. The number of hydrogen-bond donors (Lipinski definition) is 1. The molecule has 0 aliphatic carbocycles. The summed E-state index contributed by atoms with van der Waals surface area (Å²) in [6, 6.07) is 34.0. The van der Waals surface area contributed by atoms with Crippen molar-refractivity contribution in [2.24, 2.45) is 0 Å². The molecule has 5 aromatic rings. The first kappa shape index (κ1) is 25.6. The number of para-hydroxylation sites is 1. The van der Waals surface area contributed by atoms with E-state index in [4.69, 9.17) is 26.7 Å². The predicted molar refractivity (Wildman–Crippen MR) is 163 cm³/mol. The van der Waals surface area contributed by atoms with Gasteiger partial charge in [0.15, 0.2) is 5.11 Å². The van der Waals surface area contributed by atoms with Gasteiger partial charge in [-0.15, -0.1) is 0 Å². The molecule has 40 heavy (non-hydrogen) atoms. The van der Waals surface area contributed by atoms with Crippen molar-refractivity contribution in [2.45, 2.75) is 25.9 Å². The van der Waals surface area contributed by atoms with Gasteiger partial charge in [-0.25, -0.2) is 0 Å². The van der Waals surface area contributed by atoms with Gasteiger partial charge in [0.25, 0.3) is 0 Å². The monoisotopic (exact) mass is 546 g/mol. The zero-order valence-electron chi connectivity index (χ0n) is 22.6. The molecule has 0 unspecified atom stereocenters. The molecule has 0 spiro atoms. The van der Waals surface area contributed by atoms with Crippen LogP contribution in [-0.2, 0) is 0 Å². The highest BCUT2D eigenvalue weighted by Gasteiger charge is 2.42. The van der Waals surface area contributed by atoms with Crippen molar-refractivity contribution in [1.82, 2.24) is 14.9 Å². The molecule has 1 fully saturated rings. The summed E-state index contributed by atoms with van der Waals surface area (Å²) in [6.45, 7) is 4.30. The van der Waals surface area contributed by atoms with Crippen molar-refractivity contribution < 1.29 is 9.47 Å². The summed E-state index contributed by atoms with van der Waals surface area (Å²) in [7, 11) is 1.68. The Morgan fingerprint density at radius 3 is 2.10 bits per heavy atom. The number of benzene rings is 3. The number of thiocarbonyl (C=S) groups is 1. The van der Waals surface area contributed by atoms with Crippen molar-refractivity contribution in [2.75, 3.05) is 12.0 Å². The number of aromatic nitrogens is 2. The van der Waals surface area contributed by atoms with Crippen molar-refractivity contribution in [3.05, 3.63) is 132 Å². The molecule has 1 N–H and O–H groups in total. The number of ether oxygens (including phenoxy) is 2. The van der Waals surface area contributed by atoms with Crippen molar-refractivity contribution in [3.63, 3.8) is 0 Å². The van der Waals surface area contributed by atoms with E-state index in [1.807, 2.05) is 72.9 Å². The fourth-order valence-electron chi connectivity index (χ4n) is 5.46. The summed E-state index contributed by atoms with van der Waals surface area (Å²) in [4.78, 5) is 6.90. The Kier molecular flexibility index (Phi) is 6.97. The third-order valence-electron chi connectivity index (χ3n) is 7.31. The second kappa shape index (κ2) is 10.9. The van der Waals surface area contributed by atoms with Crippen molar-refractivity contribution >= 4 is 23.0 Å². The molecular weight excluding hydrogens is 516 g/mol. The van der Waals surface area contributed by atoms with E-state index in [-0.39, 0.29) is 12.1 Å². The van der Waals surface area contributed by atoms with Crippen LogP contribution >= 0.6 is 12.2 Å². The van der Waals surface area contributed by atoms with E-state index in [0.29, 0.717) is 5.11 Å². The molecular formula is C33H30N4O2S. The van der Waals surface area contributed by atoms with Crippen LogP contribution in [0.2, 0.25) is 0 Å². The van der Waals surface area contributed by atoms with Crippen LogP contribution in [0.15, 0.2) is 109 Å². The minimum atomic E-state index is -0.126. The van der Waals surface area contributed by atoms with Gasteiger partial charge in [0.1, 0.15) is 17.2 Å². The van der Waals surface area contributed by atoms with E-state index in [1.165, 1.54) is 5.56 Å².